The largest absolute Gasteiger partial charge is 0.497 e. The Hall–Kier alpha value is -2.81. The molecule has 1 rings (SSSR count). The number of hydrogen-bond acceptors (Lipinski definition) is 4. The number of benzene rings is 1. The van der Waals surface area contributed by atoms with Crippen LogP contribution in [0.2, 0.25) is 0 Å². The first kappa shape index (κ1) is 17.2. The maximum Gasteiger partial charge on any atom is 0.244 e. The van der Waals surface area contributed by atoms with Crippen molar-refractivity contribution in [3.63, 3.8) is 0 Å². The van der Waals surface area contributed by atoms with Crippen LogP contribution in [-0.4, -0.2) is 32.0 Å². The van der Waals surface area contributed by atoms with Gasteiger partial charge in [-0.25, -0.2) is 0 Å². The van der Waals surface area contributed by atoms with E-state index in [1.165, 1.54) is 6.08 Å². The second-order valence-electron chi connectivity index (χ2n) is 4.44. The highest BCUT2D eigenvalue weighted by atomic mass is 16.5. The average molecular weight is 301 g/mol. The molecule has 22 heavy (non-hydrogen) atoms. The van der Waals surface area contributed by atoms with Crippen LogP contribution in [0.5, 0.6) is 5.75 Å². The molecule has 1 aromatic carbocycles. The van der Waals surface area contributed by atoms with Gasteiger partial charge in [-0.3, -0.25) is 9.59 Å². The highest BCUT2D eigenvalue weighted by Gasteiger charge is 1.99. The standard InChI is InChI=1S/C16H19N3O3/c1-22-14-6-3-13(4-7-14)5-8-15(20)18-11-2-12-19-16(21)9-10-17/h3-8H,2,9,11-12H2,1H3,(H,18,20)(H,19,21)/b8-5+. The highest BCUT2D eigenvalue weighted by Crippen LogP contribution is 2.12. The maximum atomic E-state index is 11.6. The van der Waals surface area contributed by atoms with Gasteiger partial charge in [-0.1, -0.05) is 12.1 Å². The predicted molar refractivity (Wildman–Crippen MR) is 82.9 cm³/mol. The number of nitrogens with zero attached hydrogens (tertiary/aromatic N) is 1. The number of hydrogen-bond donors (Lipinski definition) is 2. The van der Waals surface area contributed by atoms with Crippen molar-refractivity contribution < 1.29 is 14.3 Å². The minimum absolute atomic E-state index is 0.142. The molecule has 0 bridgehead atoms. The van der Waals surface area contributed by atoms with Crippen molar-refractivity contribution in [2.75, 3.05) is 20.2 Å². The van der Waals surface area contributed by atoms with Gasteiger partial charge in [0.1, 0.15) is 12.2 Å². The fourth-order valence-corrected chi connectivity index (χ4v) is 1.61. The molecule has 0 aliphatic heterocycles. The first-order valence-electron chi connectivity index (χ1n) is 6.89. The second kappa shape index (κ2) is 10.00. The smallest absolute Gasteiger partial charge is 0.244 e. The number of methoxy groups -OCH3 is 1. The van der Waals surface area contributed by atoms with Crippen molar-refractivity contribution in [3.05, 3.63) is 35.9 Å². The molecule has 0 aliphatic carbocycles. The summed E-state index contributed by atoms with van der Waals surface area (Å²) in [5, 5.41) is 13.6. The third kappa shape index (κ3) is 7.10. The zero-order valence-electron chi connectivity index (χ0n) is 12.5. The lowest BCUT2D eigenvalue weighted by atomic mass is 10.2. The lowest BCUT2D eigenvalue weighted by molar-refractivity contribution is -0.120. The van der Waals surface area contributed by atoms with Gasteiger partial charge in [-0.15, -0.1) is 0 Å². The van der Waals surface area contributed by atoms with Gasteiger partial charge in [-0.05, 0) is 30.2 Å². The molecule has 0 aliphatic rings. The maximum absolute atomic E-state index is 11.6. The molecule has 0 atom stereocenters. The predicted octanol–water partition coefficient (Wildman–Crippen LogP) is 1.24. The van der Waals surface area contributed by atoms with E-state index in [9.17, 15) is 9.59 Å². The number of ether oxygens (including phenoxy) is 1. The average Bonchev–Trinajstić information content (AvgIpc) is 2.53. The zero-order chi connectivity index (χ0) is 16.2. The molecule has 0 fully saturated rings. The SMILES string of the molecule is COc1ccc(/C=C/C(=O)NCCCNC(=O)CC#N)cc1. The van der Waals surface area contributed by atoms with Crippen molar-refractivity contribution in [1.82, 2.24) is 10.6 Å². The third-order valence-electron chi connectivity index (χ3n) is 2.76. The number of nitriles is 1. The van der Waals surface area contributed by atoms with Gasteiger partial charge in [0.05, 0.1) is 13.2 Å². The normalized spacial score (nSPS) is 10.0. The lowest BCUT2D eigenvalue weighted by Gasteiger charge is -2.03. The number of nitrogens with one attached hydrogen (secondary N) is 2. The summed E-state index contributed by atoms with van der Waals surface area (Å²) in [7, 11) is 1.60. The Morgan fingerprint density at radius 1 is 1.23 bits per heavy atom. The van der Waals surface area contributed by atoms with E-state index in [4.69, 9.17) is 10.00 Å². The first-order chi connectivity index (χ1) is 10.7. The van der Waals surface area contributed by atoms with Gasteiger partial charge >= 0.3 is 0 Å². The molecule has 6 nitrogen and oxygen atoms in total. The third-order valence-corrected chi connectivity index (χ3v) is 2.76. The van der Waals surface area contributed by atoms with Gasteiger partial charge in [0, 0.05) is 19.2 Å². The van der Waals surface area contributed by atoms with Crippen LogP contribution in [0.15, 0.2) is 30.3 Å². The van der Waals surface area contributed by atoms with Gasteiger partial charge < -0.3 is 15.4 Å². The number of rotatable bonds is 8. The molecule has 0 unspecified atom stereocenters. The van der Waals surface area contributed by atoms with Gasteiger partial charge in [0.25, 0.3) is 0 Å². The van der Waals surface area contributed by atoms with E-state index < -0.39 is 0 Å². The van der Waals surface area contributed by atoms with Gasteiger partial charge in [0.2, 0.25) is 11.8 Å². The Kier molecular flexibility index (Phi) is 7.83. The molecule has 1 aromatic rings. The Morgan fingerprint density at radius 2 is 1.91 bits per heavy atom. The van der Waals surface area contributed by atoms with E-state index in [-0.39, 0.29) is 18.2 Å². The van der Waals surface area contributed by atoms with Crippen LogP contribution in [0, 0.1) is 11.3 Å². The quantitative estimate of drug-likeness (QED) is 0.558. The van der Waals surface area contributed by atoms with Crippen molar-refractivity contribution in [2.45, 2.75) is 12.8 Å². The van der Waals surface area contributed by atoms with E-state index in [0.717, 1.165) is 11.3 Å². The van der Waals surface area contributed by atoms with Crippen LogP contribution in [0.1, 0.15) is 18.4 Å². The van der Waals surface area contributed by atoms with Crippen LogP contribution in [0.4, 0.5) is 0 Å². The zero-order valence-corrected chi connectivity index (χ0v) is 12.5. The number of carbonyl (C=O) groups is 2. The summed E-state index contributed by atoms with van der Waals surface area (Å²) in [5.74, 6) is 0.271. The molecule has 0 aromatic heterocycles. The van der Waals surface area contributed by atoms with E-state index in [1.807, 2.05) is 24.3 Å². The molecule has 0 saturated carbocycles. The van der Waals surface area contributed by atoms with Crippen molar-refractivity contribution in [3.8, 4) is 11.8 Å². The molecular weight excluding hydrogens is 282 g/mol. The molecule has 116 valence electrons. The van der Waals surface area contributed by atoms with Crippen LogP contribution in [0.3, 0.4) is 0 Å². The van der Waals surface area contributed by atoms with E-state index >= 15 is 0 Å². The van der Waals surface area contributed by atoms with E-state index in [0.29, 0.717) is 19.5 Å². The monoisotopic (exact) mass is 301 g/mol. The summed E-state index contributed by atoms with van der Waals surface area (Å²) in [5.41, 5.74) is 0.903. The van der Waals surface area contributed by atoms with Crippen molar-refractivity contribution in [1.29, 1.82) is 5.26 Å². The minimum atomic E-state index is -0.298. The van der Waals surface area contributed by atoms with Crippen LogP contribution >= 0.6 is 0 Å². The summed E-state index contributed by atoms with van der Waals surface area (Å²) in [4.78, 5) is 22.6. The Bertz CT molecular complexity index is 559. The Labute approximate surface area is 129 Å². The molecule has 0 radical (unpaired) electrons. The first-order valence-corrected chi connectivity index (χ1v) is 6.89. The molecule has 2 N–H and O–H groups in total. The van der Waals surface area contributed by atoms with E-state index in [1.54, 1.807) is 19.3 Å². The molecule has 6 heteroatoms. The summed E-state index contributed by atoms with van der Waals surface area (Å²) < 4.78 is 5.05. The summed E-state index contributed by atoms with van der Waals surface area (Å²) in [6.07, 6.45) is 3.63. The molecule has 2 amide bonds. The fraction of sp³-hybridized carbons (Fsp3) is 0.312. The van der Waals surface area contributed by atoms with Gasteiger partial charge in [-0.2, -0.15) is 5.26 Å². The summed E-state index contributed by atoms with van der Waals surface area (Å²) >= 11 is 0. The van der Waals surface area contributed by atoms with Crippen molar-refractivity contribution >= 4 is 17.9 Å². The molecule has 0 heterocycles. The second-order valence-corrected chi connectivity index (χ2v) is 4.44. The topological polar surface area (TPSA) is 91.2 Å². The number of carbonyl (C=O) groups excluding carboxylic acids is 2. The Balaban J connectivity index is 2.21. The van der Waals surface area contributed by atoms with Crippen LogP contribution < -0.4 is 15.4 Å². The summed E-state index contributed by atoms with van der Waals surface area (Å²) in [6, 6.07) is 9.12. The van der Waals surface area contributed by atoms with Crippen LogP contribution in [-0.2, 0) is 9.59 Å². The minimum Gasteiger partial charge on any atom is -0.497 e. The number of amides is 2. The van der Waals surface area contributed by atoms with Crippen LogP contribution in [0.25, 0.3) is 6.08 Å². The highest BCUT2D eigenvalue weighted by molar-refractivity contribution is 5.91. The molecular formula is C16H19N3O3. The van der Waals surface area contributed by atoms with E-state index in [2.05, 4.69) is 10.6 Å². The van der Waals surface area contributed by atoms with Crippen molar-refractivity contribution in [2.24, 2.45) is 0 Å². The molecule has 0 saturated heterocycles. The van der Waals surface area contributed by atoms with Gasteiger partial charge in [0.15, 0.2) is 0 Å². The molecule has 0 spiro atoms. The fourth-order valence-electron chi connectivity index (χ4n) is 1.61. The summed E-state index contributed by atoms with van der Waals surface area (Å²) in [6.45, 7) is 0.890. The Morgan fingerprint density at radius 3 is 2.55 bits per heavy atom. The lowest BCUT2D eigenvalue weighted by Crippen LogP contribution is -2.28.